The molecule has 1 saturated heterocycles. The van der Waals surface area contributed by atoms with Gasteiger partial charge < -0.3 is 14.3 Å². The van der Waals surface area contributed by atoms with E-state index in [4.69, 9.17) is 4.52 Å². The largest absolute Gasteiger partial charge is 0.341 e. The maximum atomic E-state index is 12.8. The summed E-state index contributed by atoms with van der Waals surface area (Å²) < 4.78 is 5.33. The van der Waals surface area contributed by atoms with Crippen LogP contribution in [-0.2, 0) is 16.0 Å². The molecule has 1 unspecified atom stereocenters. The van der Waals surface area contributed by atoms with Gasteiger partial charge in [0.25, 0.3) is 0 Å². The highest BCUT2D eigenvalue weighted by Crippen LogP contribution is 2.38. The molecule has 0 spiro atoms. The van der Waals surface area contributed by atoms with Crippen LogP contribution in [0.4, 0.5) is 0 Å². The second-order valence-corrected chi connectivity index (χ2v) is 9.13. The first-order valence-corrected chi connectivity index (χ1v) is 11.5. The van der Waals surface area contributed by atoms with Crippen molar-refractivity contribution in [2.75, 3.05) is 19.6 Å². The molecule has 29 heavy (non-hydrogen) atoms. The van der Waals surface area contributed by atoms with Gasteiger partial charge in [-0.15, -0.1) is 0 Å². The van der Waals surface area contributed by atoms with Crippen LogP contribution in [0.15, 0.2) is 4.52 Å². The van der Waals surface area contributed by atoms with Crippen molar-refractivity contribution in [1.29, 1.82) is 0 Å². The Morgan fingerprint density at radius 2 is 1.90 bits per heavy atom. The van der Waals surface area contributed by atoms with Gasteiger partial charge in [-0.05, 0) is 44.4 Å². The van der Waals surface area contributed by atoms with Crippen LogP contribution in [0.3, 0.4) is 0 Å². The Labute approximate surface area is 173 Å². The van der Waals surface area contributed by atoms with E-state index in [1.54, 1.807) is 6.92 Å². The molecule has 1 atom stereocenters. The summed E-state index contributed by atoms with van der Waals surface area (Å²) in [4.78, 5) is 33.6. The molecular formula is C22H34N4O3. The van der Waals surface area contributed by atoms with Crippen LogP contribution < -0.4 is 0 Å². The van der Waals surface area contributed by atoms with Gasteiger partial charge in [0, 0.05) is 51.4 Å². The molecule has 3 fully saturated rings. The minimum Gasteiger partial charge on any atom is -0.341 e. The van der Waals surface area contributed by atoms with Gasteiger partial charge in [-0.25, -0.2) is 0 Å². The molecular weight excluding hydrogens is 368 g/mol. The van der Waals surface area contributed by atoms with E-state index in [9.17, 15) is 9.59 Å². The first-order valence-electron chi connectivity index (χ1n) is 11.5. The molecule has 2 amide bonds. The molecule has 2 saturated carbocycles. The minimum absolute atomic E-state index is 0.0579. The fourth-order valence-corrected chi connectivity index (χ4v) is 4.89. The highest BCUT2D eigenvalue weighted by molar-refractivity contribution is 5.77. The zero-order chi connectivity index (χ0) is 20.2. The third-order valence-electron chi connectivity index (χ3n) is 6.77. The van der Waals surface area contributed by atoms with E-state index in [-0.39, 0.29) is 17.9 Å². The van der Waals surface area contributed by atoms with E-state index in [0.717, 1.165) is 38.1 Å². The van der Waals surface area contributed by atoms with E-state index < -0.39 is 0 Å². The monoisotopic (exact) mass is 402 g/mol. The van der Waals surface area contributed by atoms with Crippen molar-refractivity contribution in [3.05, 3.63) is 11.7 Å². The number of rotatable bonds is 7. The standard InChI is InChI=1S/C22H34N4O3/c1-16(27)26(13-11-20-23-22(29-24-20)18-9-10-18)19-8-5-12-25(15-19)21(28)14-17-6-3-2-4-7-17/h17-19H,2-15H2,1H3. The molecule has 3 aliphatic rings. The minimum atomic E-state index is 0.0579. The molecule has 0 N–H and O–H groups in total. The number of carbonyl (C=O) groups excluding carboxylic acids is 2. The molecule has 7 nitrogen and oxygen atoms in total. The van der Waals surface area contributed by atoms with Crippen LogP contribution >= 0.6 is 0 Å². The van der Waals surface area contributed by atoms with Crippen LogP contribution in [0.1, 0.15) is 88.8 Å². The Balaban J connectivity index is 1.31. The first kappa shape index (κ1) is 20.4. The van der Waals surface area contributed by atoms with E-state index in [1.807, 2.05) is 9.80 Å². The summed E-state index contributed by atoms with van der Waals surface area (Å²) in [6.07, 6.45) is 11.7. The van der Waals surface area contributed by atoms with Crippen molar-refractivity contribution in [3.63, 3.8) is 0 Å². The van der Waals surface area contributed by atoms with Crippen molar-refractivity contribution in [2.24, 2.45) is 5.92 Å². The van der Waals surface area contributed by atoms with Crippen LogP contribution in [0.2, 0.25) is 0 Å². The molecule has 160 valence electrons. The predicted molar refractivity (Wildman–Crippen MR) is 108 cm³/mol. The van der Waals surface area contributed by atoms with Crippen molar-refractivity contribution in [1.82, 2.24) is 19.9 Å². The quantitative estimate of drug-likeness (QED) is 0.699. The molecule has 0 bridgehead atoms. The molecule has 1 aliphatic heterocycles. The van der Waals surface area contributed by atoms with Crippen molar-refractivity contribution in [2.45, 2.75) is 89.5 Å². The number of aromatic nitrogens is 2. The van der Waals surface area contributed by atoms with Crippen molar-refractivity contribution in [3.8, 4) is 0 Å². The van der Waals surface area contributed by atoms with E-state index in [2.05, 4.69) is 10.1 Å². The second-order valence-electron chi connectivity index (χ2n) is 9.13. The summed E-state index contributed by atoms with van der Waals surface area (Å²) in [6, 6.07) is 0.0892. The Bertz CT molecular complexity index is 709. The molecule has 7 heteroatoms. The lowest BCUT2D eigenvalue weighted by Gasteiger charge is -2.39. The summed E-state index contributed by atoms with van der Waals surface area (Å²) in [5.41, 5.74) is 0. The fourth-order valence-electron chi connectivity index (χ4n) is 4.89. The molecule has 1 aromatic rings. The molecule has 0 aromatic carbocycles. The van der Waals surface area contributed by atoms with Gasteiger partial charge in [0.15, 0.2) is 5.82 Å². The van der Waals surface area contributed by atoms with Gasteiger partial charge in [0.1, 0.15) is 0 Å². The molecule has 1 aromatic heterocycles. The average Bonchev–Trinajstić information content (AvgIpc) is 3.47. The number of likely N-dealkylation sites (tertiary alicyclic amines) is 1. The second kappa shape index (κ2) is 9.26. The number of amides is 2. The molecule has 2 heterocycles. The van der Waals surface area contributed by atoms with Gasteiger partial charge in [-0.3, -0.25) is 9.59 Å². The Morgan fingerprint density at radius 1 is 1.10 bits per heavy atom. The zero-order valence-electron chi connectivity index (χ0n) is 17.6. The zero-order valence-corrected chi connectivity index (χ0v) is 17.6. The summed E-state index contributed by atoms with van der Waals surface area (Å²) in [7, 11) is 0. The highest BCUT2D eigenvalue weighted by Gasteiger charge is 2.32. The number of carbonyl (C=O) groups is 2. The normalized spacial score (nSPS) is 23.2. The Kier molecular flexibility index (Phi) is 6.50. The summed E-state index contributed by atoms with van der Waals surface area (Å²) >= 11 is 0. The van der Waals surface area contributed by atoms with Gasteiger partial charge >= 0.3 is 0 Å². The topological polar surface area (TPSA) is 79.5 Å². The van der Waals surface area contributed by atoms with Crippen LogP contribution in [0.5, 0.6) is 0 Å². The maximum Gasteiger partial charge on any atom is 0.229 e. The first-order chi connectivity index (χ1) is 14.1. The molecule has 4 rings (SSSR count). The van der Waals surface area contributed by atoms with Gasteiger partial charge in [-0.1, -0.05) is 24.4 Å². The lowest BCUT2D eigenvalue weighted by atomic mass is 9.86. The SMILES string of the molecule is CC(=O)N(CCc1noc(C2CC2)n1)C1CCCN(C(=O)CC2CCCCC2)C1. The number of hydrogen-bond donors (Lipinski definition) is 0. The number of nitrogens with zero attached hydrogens (tertiary/aromatic N) is 4. The molecule has 2 aliphatic carbocycles. The summed E-state index contributed by atoms with van der Waals surface area (Å²) in [5, 5.41) is 4.07. The predicted octanol–water partition coefficient (Wildman–Crippen LogP) is 3.30. The van der Waals surface area contributed by atoms with Crippen LogP contribution in [0.25, 0.3) is 0 Å². The van der Waals surface area contributed by atoms with Gasteiger partial charge in [0.05, 0.1) is 0 Å². The third-order valence-corrected chi connectivity index (χ3v) is 6.77. The third kappa shape index (κ3) is 5.37. The maximum absolute atomic E-state index is 12.8. The highest BCUT2D eigenvalue weighted by atomic mass is 16.5. The van der Waals surface area contributed by atoms with Gasteiger partial charge in [0.2, 0.25) is 17.7 Å². The average molecular weight is 403 g/mol. The summed E-state index contributed by atoms with van der Waals surface area (Å²) in [5.74, 6) is 2.76. The lowest BCUT2D eigenvalue weighted by molar-refractivity contribution is -0.139. The smallest absolute Gasteiger partial charge is 0.229 e. The molecule has 0 radical (unpaired) electrons. The Hall–Kier alpha value is -1.92. The fraction of sp³-hybridized carbons (Fsp3) is 0.818. The van der Waals surface area contributed by atoms with Crippen LogP contribution in [0, 0.1) is 5.92 Å². The van der Waals surface area contributed by atoms with Crippen molar-refractivity contribution < 1.29 is 14.1 Å². The van der Waals surface area contributed by atoms with Crippen molar-refractivity contribution >= 4 is 11.8 Å². The lowest BCUT2D eigenvalue weighted by Crippen LogP contribution is -2.52. The number of piperidine rings is 1. The van der Waals surface area contributed by atoms with Crippen LogP contribution in [-0.4, -0.2) is 57.4 Å². The van der Waals surface area contributed by atoms with E-state index >= 15 is 0 Å². The van der Waals surface area contributed by atoms with Gasteiger partial charge in [-0.2, -0.15) is 4.98 Å². The van der Waals surface area contributed by atoms with E-state index in [0.29, 0.717) is 43.6 Å². The summed E-state index contributed by atoms with van der Waals surface area (Å²) in [6.45, 7) is 3.68. The van der Waals surface area contributed by atoms with E-state index in [1.165, 1.54) is 32.1 Å². The Morgan fingerprint density at radius 3 is 2.62 bits per heavy atom. The number of hydrogen-bond acceptors (Lipinski definition) is 5.